The van der Waals surface area contributed by atoms with Gasteiger partial charge in [0.2, 0.25) is 0 Å². The maximum Gasteiger partial charge on any atom is 0.472 e. The minimum absolute atomic E-state index is 0. The van der Waals surface area contributed by atoms with Gasteiger partial charge < -0.3 is 25.6 Å². The maximum absolute atomic E-state index is 11.7. The molecule has 207 valence electrons. The molecule has 0 aliphatic carbocycles. The molecule has 0 fully saturated rings. The third-order valence-electron chi connectivity index (χ3n) is 5.24. The van der Waals surface area contributed by atoms with E-state index in [2.05, 4.69) is 28.1 Å². The smallest absolute Gasteiger partial charge is 0.472 e. The van der Waals surface area contributed by atoms with Crippen molar-refractivity contribution in [2.75, 3.05) is 19.8 Å². The van der Waals surface area contributed by atoms with Crippen LogP contribution in [-0.2, 0) is 27.9 Å². The number of carbonyl (C=O) groups is 2. The van der Waals surface area contributed by atoms with Crippen LogP contribution in [0.25, 0.3) is 0 Å². The van der Waals surface area contributed by atoms with Gasteiger partial charge in [0.1, 0.15) is 18.8 Å². The number of phosphoric ester groups is 1. The fourth-order valence-electron chi connectivity index (χ4n) is 3.11. The van der Waals surface area contributed by atoms with Crippen LogP contribution in [0.15, 0.2) is 12.2 Å². The van der Waals surface area contributed by atoms with E-state index < -0.39 is 51.7 Å². The average molecular weight is 547 g/mol. The van der Waals surface area contributed by atoms with Crippen molar-refractivity contribution in [2.24, 2.45) is 5.73 Å². The Hall–Kier alpha value is -0.290. The molecule has 12 heteroatoms. The van der Waals surface area contributed by atoms with E-state index >= 15 is 0 Å². The summed E-state index contributed by atoms with van der Waals surface area (Å²) < 4.78 is 25.5. The van der Waals surface area contributed by atoms with E-state index in [0.29, 0.717) is 6.42 Å². The number of hydrogen-bond acceptors (Lipinski definition) is 8. The topological polar surface area (TPSA) is 166 Å². The number of carboxylic acids is 1. The van der Waals surface area contributed by atoms with Crippen molar-refractivity contribution in [2.45, 2.75) is 109 Å². The predicted molar refractivity (Wildman–Crippen MR) is 140 cm³/mol. The van der Waals surface area contributed by atoms with Gasteiger partial charge in [0.25, 0.3) is 0 Å². The summed E-state index contributed by atoms with van der Waals surface area (Å²) in [5, 5.41) is 18.3. The number of allylic oxidation sites excluding steroid dienone is 2. The van der Waals surface area contributed by atoms with E-state index in [1.807, 2.05) is 0 Å². The monoisotopic (exact) mass is 546 g/mol. The van der Waals surface area contributed by atoms with Crippen LogP contribution in [-0.4, -0.2) is 88.6 Å². The van der Waals surface area contributed by atoms with Gasteiger partial charge in [-0.2, -0.15) is 0 Å². The molecule has 0 aliphatic heterocycles. The van der Waals surface area contributed by atoms with Crippen LogP contribution >= 0.6 is 7.82 Å². The van der Waals surface area contributed by atoms with Crippen molar-refractivity contribution in [3.05, 3.63) is 12.2 Å². The first-order valence-electron chi connectivity index (χ1n) is 12.8. The van der Waals surface area contributed by atoms with E-state index in [1.165, 1.54) is 44.9 Å². The molecule has 0 rings (SSSR count). The van der Waals surface area contributed by atoms with Crippen LogP contribution in [0.3, 0.4) is 0 Å². The SMILES string of the molecule is CCCCCCCC/C=C\CCCCCCCC(=O)OC[C@@H](O)COP(=O)(O)OC[C@H](N)C(=O)O.[Na]. The minimum atomic E-state index is -4.58. The molecule has 36 heavy (non-hydrogen) atoms. The fraction of sp³-hybridized carbons (Fsp3) is 0.833. The molecule has 1 unspecified atom stereocenters. The second-order valence-electron chi connectivity index (χ2n) is 8.68. The number of carbonyl (C=O) groups excluding carboxylic acids is 1. The molecule has 0 saturated heterocycles. The van der Waals surface area contributed by atoms with Crippen molar-refractivity contribution >= 4 is 49.3 Å². The molecule has 0 spiro atoms. The Labute approximate surface area is 238 Å². The van der Waals surface area contributed by atoms with Crippen LogP contribution in [0.5, 0.6) is 0 Å². The van der Waals surface area contributed by atoms with Crippen LogP contribution in [0.1, 0.15) is 96.8 Å². The summed E-state index contributed by atoms with van der Waals surface area (Å²) in [5.41, 5.74) is 5.15. The van der Waals surface area contributed by atoms with Crippen LogP contribution in [0.4, 0.5) is 0 Å². The Bertz CT molecular complexity index is 637. The zero-order valence-electron chi connectivity index (χ0n) is 22.1. The molecule has 0 heterocycles. The van der Waals surface area contributed by atoms with Gasteiger partial charge >= 0.3 is 19.8 Å². The normalized spacial score (nSPS) is 14.7. The largest absolute Gasteiger partial charge is 0.480 e. The molecular formula is C24H46NNaO9P. The minimum Gasteiger partial charge on any atom is -0.480 e. The number of nitrogens with two attached hydrogens (primary N) is 1. The van der Waals surface area contributed by atoms with E-state index in [9.17, 15) is 24.2 Å². The Morgan fingerprint density at radius 3 is 1.92 bits per heavy atom. The third kappa shape index (κ3) is 25.4. The van der Waals surface area contributed by atoms with Gasteiger partial charge in [0.15, 0.2) is 0 Å². The molecule has 3 atom stereocenters. The van der Waals surface area contributed by atoms with Gasteiger partial charge in [-0.3, -0.25) is 18.6 Å². The number of esters is 1. The van der Waals surface area contributed by atoms with E-state index in [1.54, 1.807) is 0 Å². The predicted octanol–water partition coefficient (Wildman–Crippen LogP) is 4.09. The number of carboxylic acid groups (broad SMARTS) is 1. The van der Waals surface area contributed by atoms with Gasteiger partial charge in [0, 0.05) is 36.0 Å². The molecule has 0 bridgehead atoms. The average Bonchev–Trinajstić information content (AvgIpc) is 2.82. The van der Waals surface area contributed by atoms with Crippen LogP contribution in [0.2, 0.25) is 0 Å². The van der Waals surface area contributed by atoms with Gasteiger partial charge in [-0.15, -0.1) is 0 Å². The molecule has 1 radical (unpaired) electrons. The third-order valence-corrected chi connectivity index (χ3v) is 6.19. The number of unbranched alkanes of at least 4 members (excludes halogenated alkanes) is 11. The Kier molecular flexibility index (Phi) is 26.3. The number of aliphatic hydroxyl groups is 1. The summed E-state index contributed by atoms with van der Waals surface area (Å²) in [4.78, 5) is 31.7. The summed E-state index contributed by atoms with van der Waals surface area (Å²) in [6.07, 6.45) is 18.6. The number of aliphatic hydroxyl groups excluding tert-OH is 1. The van der Waals surface area contributed by atoms with Crippen molar-refractivity contribution in [3.63, 3.8) is 0 Å². The zero-order valence-corrected chi connectivity index (χ0v) is 25.0. The van der Waals surface area contributed by atoms with Crippen LogP contribution in [0, 0.1) is 0 Å². The van der Waals surface area contributed by atoms with E-state index in [4.69, 9.17) is 15.6 Å². The fourth-order valence-corrected chi connectivity index (χ4v) is 3.90. The van der Waals surface area contributed by atoms with E-state index in [0.717, 1.165) is 32.1 Å². The standard InChI is InChI=1S/C24H46NO9P.Na/c1-2-3-4-5-6-7-8-9-10-11-12-13-14-15-16-17-23(27)32-18-21(26)19-33-35(30,31)34-20-22(25)24(28)29;/h9-10,21-22,26H,2-8,11-20,25H2,1H3,(H,28,29)(H,30,31);/b10-9-;/t21-,22+;/m1./s1. The van der Waals surface area contributed by atoms with E-state index in [-0.39, 0.29) is 36.0 Å². The van der Waals surface area contributed by atoms with Gasteiger partial charge in [-0.1, -0.05) is 70.4 Å². The van der Waals surface area contributed by atoms with Gasteiger partial charge in [0.05, 0.1) is 13.2 Å². The number of phosphoric acid groups is 1. The number of hydrogen-bond donors (Lipinski definition) is 4. The first-order valence-corrected chi connectivity index (χ1v) is 14.3. The Morgan fingerprint density at radius 2 is 1.36 bits per heavy atom. The number of ether oxygens (including phenoxy) is 1. The van der Waals surface area contributed by atoms with Gasteiger partial charge in [-0.25, -0.2) is 4.57 Å². The molecule has 0 amide bonds. The van der Waals surface area contributed by atoms with Crippen LogP contribution < -0.4 is 5.73 Å². The number of aliphatic carboxylic acids is 1. The summed E-state index contributed by atoms with van der Waals surface area (Å²) in [6, 6.07) is -1.48. The first-order chi connectivity index (χ1) is 16.7. The molecule has 0 aromatic rings. The Morgan fingerprint density at radius 1 is 0.861 bits per heavy atom. The molecule has 0 aliphatic rings. The molecular weight excluding hydrogens is 500 g/mol. The molecule has 10 nitrogen and oxygen atoms in total. The first kappa shape index (κ1) is 37.9. The molecule has 0 aromatic carbocycles. The number of rotatable bonds is 24. The molecule has 0 aromatic heterocycles. The summed E-state index contributed by atoms with van der Waals surface area (Å²) in [5.74, 6) is -1.86. The summed E-state index contributed by atoms with van der Waals surface area (Å²) in [7, 11) is -4.58. The maximum atomic E-state index is 11.7. The van der Waals surface area contributed by atoms with Crippen molar-refractivity contribution in [1.82, 2.24) is 0 Å². The zero-order chi connectivity index (χ0) is 26.4. The van der Waals surface area contributed by atoms with Crippen molar-refractivity contribution in [3.8, 4) is 0 Å². The summed E-state index contributed by atoms with van der Waals surface area (Å²) >= 11 is 0. The van der Waals surface area contributed by atoms with Gasteiger partial charge in [-0.05, 0) is 32.1 Å². The summed E-state index contributed by atoms with van der Waals surface area (Å²) in [6.45, 7) is 0.482. The van der Waals surface area contributed by atoms with Crippen molar-refractivity contribution < 1.29 is 43.0 Å². The molecule has 0 saturated carbocycles. The Balaban J connectivity index is 0. The quantitative estimate of drug-likeness (QED) is 0.0455. The second kappa shape index (κ2) is 25.0. The van der Waals surface area contributed by atoms with Crippen molar-refractivity contribution in [1.29, 1.82) is 0 Å². The second-order valence-corrected chi connectivity index (χ2v) is 10.1. The molecule has 5 N–H and O–H groups in total.